The summed E-state index contributed by atoms with van der Waals surface area (Å²) < 4.78 is 0. The molecule has 0 aliphatic carbocycles. The van der Waals surface area contributed by atoms with E-state index in [0.717, 1.165) is 49.4 Å². The van der Waals surface area contributed by atoms with Crippen molar-refractivity contribution in [3.63, 3.8) is 0 Å². The molecule has 1 unspecified atom stereocenters. The van der Waals surface area contributed by atoms with E-state index >= 15 is 0 Å². The Morgan fingerprint density at radius 1 is 0.923 bits per heavy atom. The molecule has 0 saturated heterocycles. The molecule has 0 heterocycles. The maximum atomic E-state index is 10.5. The summed E-state index contributed by atoms with van der Waals surface area (Å²) in [5.41, 5.74) is 3.38. The standard InChI is InChI=1S/C15H18O2.C8H8O/c1-2-3-4-5-15(17)11-10-13-6-8-14(12-16)9-7-13;1-7-2-4-8(6-9)5-3-7/h6-9,12,15,17H,2-5H2,1H3;2-6H,1H3. The molecule has 0 radical (unpaired) electrons. The van der Waals surface area contributed by atoms with Gasteiger partial charge in [0.25, 0.3) is 0 Å². The van der Waals surface area contributed by atoms with E-state index in [1.54, 1.807) is 24.3 Å². The van der Waals surface area contributed by atoms with Crippen LogP contribution in [0.2, 0.25) is 0 Å². The summed E-state index contributed by atoms with van der Waals surface area (Å²) >= 11 is 0. The third kappa shape index (κ3) is 8.96. The van der Waals surface area contributed by atoms with Gasteiger partial charge in [-0.05, 0) is 31.9 Å². The zero-order valence-corrected chi connectivity index (χ0v) is 15.4. The Labute approximate surface area is 156 Å². The van der Waals surface area contributed by atoms with Crippen molar-refractivity contribution in [1.29, 1.82) is 0 Å². The Kier molecular flexibility index (Phi) is 10.4. The molecule has 2 aromatic rings. The van der Waals surface area contributed by atoms with Gasteiger partial charge in [-0.25, -0.2) is 0 Å². The lowest BCUT2D eigenvalue weighted by molar-refractivity contribution is 0.111. The summed E-state index contributed by atoms with van der Waals surface area (Å²) in [5, 5.41) is 9.61. The maximum Gasteiger partial charge on any atom is 0.150 e. The van der Waals surface area contributed by atoms with E-state index in [1.807, 2.05) is 31.2 Å². The van der Waals surface area contributed by atoms with Crippen molar-refractivity contribution in [3.05, 3.63) is 70.8 Å². The average molecular weight is 350 g/mol. The number of carbonyl (C=O) groups is 2. The number of hydrogen-bond donors (Lipinski definition) is 1. The largest absolute Gasteiger partial charge is 0.380 e. The summed E-state index contributed by atoms with van der Waals surface area (Å²) in [7, 11) is 0. The number of hydrogen-bond acceptors (Lipinski definition) is 3. The van der Waals surface area contributed by atoms with Crippen molar-refractivity contribution in [2.24, 2.45) is 0 Å². The van der Waals surface area contributed by atoms with Crippen molar-refractivity contribution < 1.29 is 14.7 Å². The van der Waals surface area contributed by atoms with Gasteiger partial charge in [0.2, 0.25) is 0 Å². The number of benzene rings is 2. The number of rotatable bonds is 6. The highest BCUT2D eigenvalue weighted by molar-refractivity contribution is 5.75. The summed E-state index contributed by atoms with van der Waals surface area (Å²) in [5.74, 6) is 5.72. The topological polar surface area (TPSA) is 54.4 Å². The Bertz CT molecular complexity index is 719. The molecule has 1 atom stereocenters. The Balaban J connectivity index is 0.000000314. The van der Waals surface area contributed by atoms with Crippen LogP contribution in [0.4, 0.5) is 0 Å². The third-order valence-corrected chi connectivity index (χ3v) is 3.72. The van der Waals surface area contributed by atoms with Crippen molar-refractivity contribution in [2.75, 3.05) is 0 Å². The molecule has 26 heavy (non-hydrogen) atoms. The number of aliphatic hydroxyl groups excluding tert-OH is 1. The van der Waals surface area contributed by atoms with Crippen LogP contribution in [0.5, 0.6) is 0 Å². The van der Waals surface area contributed by atoms with Crippen molar-refractivity contribution in [2.45, 2.75) is 45.6 Å². The van der Waals surface area contributed by atoms with Crippen LogP contribution >= 0.6 is 0 Å². The van der Waals surface area contributed by atoms with Crippen LogP contribution in [-0.2, 0) is 0 Å². The first-order valence-electron chi connectivity index (χ1n) is 8.85. The zero-order valence-electron chi connectivity index (χ0n) is 15.4. The zero-order chi connectivity index (χ0) is 19.2. The molecule has 136 valence electrons. The molecule has 0 aliphatic heterocycles. The van der Waals surface area contributed by atoms with E-state index in [-0.39, 0.29) is 0 Å². The fourth-order valence-electron chi connectivity index (χ4n) is 2.12. The minimum absolute atomic E-state index is 0.549. The van der Waals surface area contributed by atoms with Crippen LogP contribution in [0.1, 0.15) is 64.4 Å². The average Bonchev–Trinajstić information content (AvgIpc) is 2.68. The van der Waals surface area contributed by atoms with E-state index in [9.17, 15) is 14.7 Å². The smallest absolute Gasteiger partial charge is 0.150 e. The van der Waals surface area contributed by atoms with Crippen molar-refractivity contribution in [3.8, 4) is 11.8 Å². The van der Waals surface area contributed by atoms with E-state index in [2.05, 4.69) is 18.8 Å². The van der Waals surface area contributed by atoms with Crippen LogP contribution in [0.3, 0.4) is 0 Å². The molecule has 0 fully saturated rings. The third-order valence-electron chi connectivity index (χ3n) is 3.72. The summed E-state index contributed by atoms with van der Waals surface area (Å²) in [4.78, 5) is 20.6. The van der Waals surface area contributed by atoms with Gasteiger partial charge in [0, 0.05) is 16.7 Å². The second-order valence-electron chi connectivity index (χ2n) is 6.05. The molecule has 0 aliphatic rings. The molecule has 0 aromatic heterocycles. The molecule has 0 spiro atoms. The Hall–Kier alpha value is -2.70. The first-order valence-corrected chi connectivity index (χ1v) is 8.85. The minimum atomic E-state index is -0.549. The van der Waals surface area contributed by atoms with Gasteiger partial charge < -0.3 is 5.11 Å². The molecule has 1 N–H and O–H groups in total. The van der Waals surface area contributed by atoms with E-state index in [0.29, 0.717) is 5.56 Å². The highest BCUT2D eigenvalue weighted by atomic mass is 16.3. The number of aldehydes is 2. The summed E-state index contributed by atoms with van der Waals surface area (Å²) in [6, 6.07) is 14.5. The lowest BCUT2D eigenvalue weighted by atomic mass is 10.1. The van der Waals surface area contributed by atoms with Crippen LogP contribution in [0.25, 0.3) is 0 Å². The maximum absolute atomic E-state index is 10.5. The predicted molar refractivity (Wildman–Crippen MR) is 105 cm³/mol. The highest BCUT2D eigenvalue weighted by Crippen LogP contribution is 2.04. The fraction of sp³-hybridized carbons (Fsp3) is 0.304. The molecule has 0 amide bonds. The number of unbranched alkanes of at least 4 members (excludes halogenated alkanes) is 2. The van der Waals surface area contributed by atoms with Crippen molar-refractivity contribution >= 4 is 12.6 Å². The summed E-state index contributed by atoms with van der Waals surface area (Å²) in [6.45, 7) is 4.13. The Morgan fingerprint density at radius 3 is 1.96 bits per heavy atom. The molecule has 3 nitrogen and oxygen atoms in total. The van der Waals surface area contributed by atoms with Crippen LogP contribution in [0.15, 0.2) is 48.5 Å². The number of carbonyl (C=O) groups excluding carboxylic acids is 2. The second kappa shape index (κ2) is 12.6. The summed E-state index contributed by atoms with van der Waals surface area (Å²) in [6.07, 6.45) is 5.12. The van der Waals surface area contributed by atoms with Crippen molar-refractivity contribution in [1.82, 2.24) is 0 Å². The lowest BCUT2D eigenvalue weighted by Gasteiger charge is -2.01. The molecular formula is C23H26O3. The molecule has 2 aromatic carbocycles. The van der Waals surface area contributed by atoms with Gasteiger partial charge >= 0.3 is 0 Å². The van der Waals surface area contributed by atoms with Gasteiger partial charge in [-0.2, -0.15) is 0 Å². The minimum Gasteiger partial charge on any atom is -0.380 e. The Morgan fingerprint density at radius 2 is 1.46 bits per heavy atom. The molecule has 2 rings (SSSR count). The van der Waals surface area contributed by atoms with Gasteiger partial charge in [0.05, 0.1) is 0 Å². The van der Waals surface area contributed by atoms with Gasteiger partial charge in [-0.15, -0.1) is 0 Å². The molecule has 0 bridgehead atoms. The number of aryl methyl sites for hydroxylation is 1. The van der Waals surface area contributed by atoms with E-state index in [4.69, 9.17) is 0 Å². The molecular weight excluding hydrogens is 324 g/mol. The van der Waals surface area contributed by atoms with Gasteiger partial charge in [0.15, 0.2) is 0 Å². The van der Waals surface area contributed by atoms with Gasteiger partial charge in [-0.3, -0.25) is 9.59 Å². The highest BCUT2D eigenvalue weighted by Gasteiger charge is 1.97. The van der Waals surface area contributed by atoms with Gasteiger partial charge in [-0.1, -0.05) is 73.6 Å². The van der Waals surface area contributed by atoms with Crippen LogP contribution in [-0.4, -0.2) is 23.8 Å². The number of aliphatic hydroxyl groups is 1. The quantitative estimate of drug-likeness (QED) is 0.471. The second-order valence-corrected chi connectivity index (χ2v) is 6.05. The molecule has 3 heteroatoms. The predicted octanol–water partition coefficient (Wildman–Crippen LogP) is 4.60. The normalized spacial score (nSPS) is 10.6. The van der Waals surface area contributed by atoms with E-state index in [1.165, 1.54) is 5.56 Å². The first kappa shape index (κ1) is 21.3. The van der Waals surface area contributed by atoms with Crippen LogP contribution < -0.4 is 0 Å². The SMILES string of the molecule is CCCCCC(O)C#Cc1ccc(C=O)cc1.Cc1ccc(C=O)cc1. The van der Waals surface area contributed by atoms with E-state index < -0.39 is 6.10 Å². The first-order chi connectivity index (χ1) is 12.6. The lowest BCUT2D eigenvalue weighted by Crippen LogP contribution is -2.02. The monoisotopic (exact) mass is 350 g/mol. The molecule has 0 saturated carbocycles. The van der Waals surface area contributed by atoms with Crippen LogP contribution in [0, 0.1) is 18.8 Å². The van der Waals surface area contributed by atoms with Gasteiger partial charge in [0.1, 0.15) is 18.7 Å². The fourth-order valence-corrected chi connectivity index (χ4v) is 2.12.